The number of hydrogen-bond acceptors (Lipinski definition) is 4. The van der Waals surface area contributed by atoms with Gasteiger partial charge in [0.1, 0.15) is 5.75 Å². The van der Waals surface area contributed by atoms with Crippen molar-refractivity contribution >= 4 is 23.3 Å². The maximum absolute atomic E-state index is 12.9. The fraction of sp³-hybridized carbons (Fsp3) is 0.0417. The Kier molecular flexibility index (Phi) is 5.75. The fourth-order valence-electron chi connectivity index (χ4n) is 3.15. The van der Waals surface area contributed by atoms with Gasteiger partial charge in [0, 0.05) is 17.2 Å². The van der Waals surface area contributed by atoms with E-state index in [0.29, 0.717) is 34.1 Å². The van der Waals surface area contributed by atoms with Crippen molar-refractivity contribution in [3.63, 3.8) is 0 Å². The van der Waals surface area contributed by atoms with Gasteiger partial charge in [-0.25, -0.2) is 0 Å². The molecule has 1 heterocycles. The van der Waals surface area contributed by atoms with Crippen LogP contribution in [0, 0.1) is 0 Å². The molecule has 0 fully saturated rings. The number of ether oxygens (including phenoxy) is 1. The molecule has 0 radical (unpaired) electrons. The summed E-state index contributed by atoms with van der Waals surface area (Å²) in [5.41, 5.74) is 2.78. The van der Waals surface area contributed by atoms with Gasteiger partial charge in [0.15, 0.2) is 5.82 Å². The summed E-state index contributed by atoms with van der Waals surface area (Å²) in [5, 5.41) is 12.6. The van der Waals surface area contributed by atoms with Gasteiger partial charge in [-0.1, -0.05) is 42.5 Å². The van der Waals surface area contributed by atoms with Gasteiger partial charge < -0.3 is 15.4 Å². The van der Waals surface area contributed by atoms with Gasteiger partial charge >= 0.3 is 0 Å². The fourth-order valence-corrected chi connectivity index (χ4v) is 3.15. The first-order valence-corrected chi connectivity index (χ1v) is 9.61. The van der Waals surface area contributed by atoms with Crippen molar-refractivity contribution in [3.8, 4) is 17.0 Å². The van der Waals surface area contributed by atoms with Crippen LogP contribution in [-0.2, 0) is 0 Å². The summed E-state index contributed by atoms with van der Waals surface area (Å²) in [7, 11) is 1.60. The molecule has 154 valence electrons. The van der Waals surface area contributed by atoms with E-state index in [1.54, 1.807) is 61.7 Å². The smallest absolute Gasteiger partial charge is 0.258 e. The number of aromatic amines is 1. The molecule has 3 N–H and O–H groups in total. The Morgan fingerprint density at radius 1 is 0.839 bits per heavy atom. The van der Waals surface area contributed by atoms with Gasteiger partial charge in [-0.15, -0.1) is 0 Å². The molecule has 0 saturated heterocycles. The molecule has 0 aliphatic carbocycles. The predicted molar refractivity (Wildman–Crippen MR) is 119 cm³/mol. The number of benzene rings is 3. The van der Waals surface area contributed by atoms with Gasteiger partial charge in [-0.05, 0) is 36.4 Å². The normalized spacial score (nSPS) is 10.4. The molecule has 0 aliphatic heterocycles. The monoisotopic (exact) mass is 412 g/mol. The van der Waals surface area contributed by atoms with Crippen molar-refractivity contribution in [1.29, 1.82) is 0 Å². The lowest BCUT2D eigenvalue weighted by Crippen LogP contribution is -2.18. The summed E-state index contributed by atoms with van der Waals surface area (Å²) < 4.78 is 5.37. The number of carbonyl (C=O) groups excluding carboxylic acids is 2. The van der Waals surface area contributed by atoms with E-state index < -0.39 is 0 Å². The number of rotatable bonds is 6. The Bertz CT molecular complexity index is 1220. The van der Waals surface area contributed by atoms with E-state index in [0.717, 1.165) is 5.56 Å². The molecule has 31 heavy (non-hydrogen) atoms. The molecule has 3 aromatic carbocycles. The molecule has 7 nitrogen and oxygen atoms in total. The minimum atomic E-state index is -0.387. The average molecular weight is 412 g/mol. The largest absolute Gasteiger partial charge is 0.496 e. The summed E-state index contributed by atoms with van der Waals surface area (Å²) in [4.78, 5) is 25.4. The summed E-state index contributed by atoms with van der Waals surface area (Å²) in [6.45, 7) is 0. The van der Waals surface area contributed by atoms with E-state index in [1.165, 1.54) is 0 Å². The summed E-state index contributed by atoms with van der Waals surface area (Å²) in [5.74, 6) is 0.370. The Morgan fingerprint density at radius 2 is 1.55 bits per heavy atom. The van der Waals surface area contributed by atoms with Gasteiger partial charge in [0.25, 0.3) is 11.8 Å². The summed E-state index contributed by atoms with van der Waals surface area (Å²) in [6.07, 6.45) is 0. The third kappa shape index (κ3) is 4.45. The Morgan fingerprint density at radius 3 is 2.35 bits per heavy atom. The highest BCUT2D eigenvalue weighted by atomic mass is 16.5. The highest BCUT2D eigenvalue weighted by Gasteiger charge is 2.16. The number of amides is 2. The number of aromatic nitrogens is 2. The third-order valence-corrected chi connectivity index (χ3v) is 4.67. The van der Waals surface area contributed by atoms with Crippen LogP contribution in [0.5, 0.6) is 5.75 Å². The number of nitrogens with one attached hydrogen (secondary N) is 3. The highest BCUT2D eigenvalue weighted by Crippen LogP contribution is 2.29. The van der Waals surface area contributed by atoms with E-state index in [1.807, 2.05) is 30.3 Å². The van der Waals surface area contributed by atoms with Crippen molar-refractivity contribution in [2.45, 2.75) is 0 Å². The first-order valence-electron chi connectivity index (χ1n) is 9.61. The molecule has 1 aromatic heterocycles. The second-order valence-corrected chi connectivity index (χ2v) is 6.69. The number of H-pyrrole nitrogens is 1. The third-order valence-electron chi connectivity index (χ3n) is 4.67. The molecular formula is C24H20N4O3. The lowest BCUT2D eigenvalue weighted by atomic mass is 10.1. The zero-order chi connectivity index (χ0) is 21.6. The topological polar surface area (TPSA) is 96.1 Å². The standard InChI is InChI=1S/C24H20N4O3/c1-31-21-14-8-6-11-17(21)20-15-22(28-27-20)26-24(30)18-12-5-7-13-19(18)25-23(29)16-9-3-2-4-10-16/h2-15H,1H3,(H,25,29)(H2,26,27,28,30). The van der Waals surface area contributed by atoms with Crippen molar-refractivity contribution < 1.29 is 14.3 Å². The molecule has 0 atom stereocenters. The van der Waals surface area contributed by atoms with Gasteiger partial charge in [-0.3, -0.25) is 14.7 Å². The Hall–Kier alpha value is -4.39. The van der Waals surface area contributed by atoms with Gasteiger partial charge in [-0.2, -0.15) is 5.10 Å². The Labute approximate surface area is 179 Å². The van der Waals surface area contributed by atoms with E-state index in [-0.39, 0.29) is 11.8 Å². The SMILES string of the molecule is COc1ccccc1-c1cc(NC(=O)c2ccccc2NC(=O)c2ccccc2)n[nH]1. The maximum Gasteiger partial charge on any atom is 0.258 e. The van der Waals surface area contributed by atoms with Crippen molar-refractivity contribution in [2.24, 2.45) is 0 Å². The van der Waals surface area contributed by atoms with Gasteiger partial charge in [0.05, 0.1) is 24.1 Å². The van der Waals surface area contributed by atoms with Crippen molar-refractivity contribution in [2.75, 3.05) is 17.7 Å². The van der Waals surface area contributed by atoms with Crippen molar-refractivity contribution in [1.82, 2.24) is 10.2 Å². The molecule has 4 rings (SSSR count). The van der Waals surface area contributed by atoms with Crippen LogP contribution in [0.15, 0.2) is 84.9 Å². The van der Waals surface area contributed by atoms with Gasteiger partial charge in [0.2, 0.25) is 0 Å². The molecular weight excluding hydrogens is 392 g/mol. The molecule has 2 amide bonds. The second kappa shape index (κ2) is 8.96. The van der Waals surface area contributed by atoms with Crippen LogP contribution < -0.4 is 15.4 Å². The van der Waals surface area contributed by atoms with E-state index in [4.69, 9.17) is 4.74 Å². The number of nitrogens with zero attached hydrogens (tertiary/aromatic N) is 1. The molecule has 4 aromatic rings. The minimum absolute atomic E-state index is 0.293. The predicted octanol–water partition coefficient (Wildman–Crippen LogP) is 4.59. The van der Waals surface area contributed by atoms with E-state index >= 15 is 0 Å². The van der Waals surface area contributed by atoms with Crippen LogP contribution in [0.1, 0.15) is 20.7 Å². The molecule has 0 spiro atoms. The number of carbonyl (C=O) groups is 2. The van der Waals surface area contributed by atoms with Crippen LogP contribution in [0.2, 0.25) is 0 Å². The summed E-state index contributed by atoms with van der Waals surface area (Å²) in [6, 6.07) is 24.9. The molecule has 0 bridgehead atoms. The molecule has 0 unspecified atom stereocenters. The van der Waals surface area contributed by atoms with Crippen LogP contribution in [0.4, 0.5) is 11.5 Å². The number of methoxy groups -OCH3 is 1. The summed E-state index contributed by atoms with van der Waals surface area (Å²) >= 11 is 0. The lowest BCUT2D eigenvalue weighted by molar-refractivity contribution is 0.102. The minimum Gasteiger partial charge on any atom is -0.496 e. The maximum atomic E-state index is 12.9. The zero-order valence-electron chi connectivity index (χ0n) is 16.8. The van der Waals surface area contributed by atoms with E-state index in [9.17, 15) is 9.59 Å². The number of hydrogen-bond donors (Lipinski definition) is 3. The van der Waals surface area contributed by atoms with E-state index in [2.05, 4.69) is 20.8 Å². The van der Waals surface area contributed by atoms with Crippen LogP contribution in [-0.4, -0.2) is 29.1 Å². The van der Waals surface area contributed by atoms with Crippen molar-refractivity contribution in [3.05, 3.63) is 96.1 Å². The first kappa shape index (κ1) is 19.9. The first-order chi connectivity index (χ1) is 15.2. The number of para-hydroxylation sites is 2. The highest BCUT2D eigenvalue weighted by molar-refractivity contribution is 6.12. The Balaban J connectivity index is 1.52. The van der Waals surface area contributed by atoms with Crippen LogP contribution >= 0.6 is 0 Å². The quantitative estimate of drug-likeness (QED) is 0.432. The molecule has 7 heteroatoms. The number of anilines is 2. The average Bonchev–Trinajstić information content (AvgIpc) is 3.28. The zero-order valence-corrected chi connectivity index (χ0v) is 16.8. The molecule has 0 aliphatic rings. The molecule has 0 saturated carbocycles. The van der Waals surface area contributed by atoms with Crippen LogP contribution in [0.25, 0.3) is 11.3 Å². The van der Waals surface area contributed by atoms with Crippen LogP contribution in [0.3, 0.4) is 0 Å². The second-order valence-electron chi connectivity index (χ2n) is 6.69. The lowest BCUT2D eigenvalue weighted by Gasteiger charge is -2.10.